The zero-order chi connectivity index (χ0) is 12.8. The Labute approximate surface area is 102 Å². The molecule has 0 saturated carbocycles. The van der Waals surface area contributed by atoms with E-state index in [0.29, 0.717) is 30.4 Å². The lowest BCUT2D eigenvalue weighted by molar-refractivity contribution is 0.257. The third kappa shape index (κ3) is 3.19. The molecule has 1 rings (SSSR count). The van der Waals surface area contributed by atoms with Crippen LogP contribution in [-0.4, -0.2) is 18.3 Å². The molecule has 0 amide bonds. The second-order valence-electron chi connectivity index (χ2n) is 3.97. The summed E-state index contributed by atoms with van der Waals surface area (Å²) in [5.41, 5.74) is 7.11. The summed E-state index contributed by atoms with van der Waals surface area (Å²) in [5, 5.41) is 9.84. The summed E-state index contributed by atoms with van der Waals surface area (Å²) in [6.07, 6.45) is 1.76. The smallest absolute Gasteiger partial charge is 0.203 e. The van der Waals surface area contributed by atoms with E-state index in [-0.39, 0.29) is 5.75 Å². The van der Waals surface area contributed by atoms with Crippen molar-refractivity contribution < 1.29 is 14.6 Å². The fraction of sp³-hybridized carbons (Fsp3) is 0.538. The van der Waals surface area contributed by atoms with E-state index in [1.165, 1.54) is 6.07 Å². The molecule has 0 aromatic heterocycles. The van der Waals surface area contributed by atoms with Crippen LogP contribution in [0.3, 0.4) is 0 Å². The zero-order valence-electron chi connectivity index (χ0n) is 10.7. The van der Waals surface area contributed by atoms with Crippen molar-refractivity contribution in [1.82, 2.24) is 0 Å². The topological polar surface area (TPSA) is 64.7 Å². The lowest BCUT2D eigenvalue weighted by Gasteiger charge is -2.17. The molecule has 17 heavy (non-hydrogen) atoms. The van der Waals surface area contributed by atoms with E-state index in [1.807, 2.05) is 20.8 Å². The number of nitrogen functional groups attached to an aromatic ring is 1. The zero-order valence-corrected chi connectivity index (χ0v) is 10.7. The highest BCUT2D eigenvalue weighted by Gasteiger charge is 2.16. The Hall–Kier alpha value is -1.58. The van der Waals surface area contributed by atoms with Crippen molar-refractivity contribution in [1.29, 1.82) is 0 Å². The van der Waals surface area contributed by atoms with E-state index in [1.54, 1.807) is 0 Å². The van der Waals surface area contributed by atoms with Gasteiger partial charge in [-0.1, -0.05) is 13.8 Å². The molecule has 1 aromatic rings. The molecule has 0 fully saturated rings. The van der Waals surface area contributed by atoms with Crippen molar-refractivity contribution in [3.63, 3.8) is 0 Å². The fourth-order valence-electron chi connectivity index (χ4n) is 1.46. The monoisotopic (exact) mass is 239 g/mol. The summed E-state index contributed by atoms with van der Waals surface area (Å²) in [7, 11) is 0. The van der Waals surface area contributed by atoms with Crippen molar-refractivity contribution in [2.45, 2.75) is 33.6 Å². The maximum Gasteiger partial charge on any atom is 0.203 e. The molecule has 0 aliphatic carbocycles. The van der Waals surface area contributed by atoms with Gasteiger partial charge >= 0.3 is 0 Å². The van der Waals surface area contributed by atoms with Crippen molar-refractivity contribution in [3.8, 4) is 17.2 Å². The second kappa shape index (κ2) is 6.23. The first-order valence-electron chi connectivity index (χ1n) is 5.99. The number of ether oxygens (including phenoxy) is 2. The molecule has 1 aromatic carbocycles. The summed E-state index contributed by atoms with van der Waals surface area (Å²) < 4.78 is 11.1. The van der Waals surface area contributed by atoms with Gasteiger partial charge in [0, 0.05) is 17.3 Å². The number of anilines is 1. The largest absolute Gasteiger partial charge is 0.504 e. The highest BCUT2D eigenvalue weighted by atomic mass is 16.5. The third-order valence-electron chi connectivity index (χ3n) is 2.41. The molecule has 0 spiro atoms. The lowest BCUT2D eigenvalue weighted by Crippen LogP contribution is -2.04. The molecule has 4 nitrogen and oxygen atoms in total. The van der Waals surface area contributed by atoms with Gasteiger partial charge < -0.3 is 20.3 Å². The molecule has 3 N–H and O–H groups in total. The minimum Gasteiger partial charge on any atom is -0.504 e. The van der Waals surface area contributed by atoms with Crippen LogP contribution < -0.4 is 15.2 Å². The van der Waals surface area contributed by atoms with E-state index < -0.39 is 0 Å². The molecule has 0 radical (unpaired) electrons. The Bertz CT molecular complexity index is 377. The highest BCUT2D eigenvalue weighted by Crippen LogP contribution is 2.42. The first kappa shape index (κ1) is 13.5. The quantitative estimate of drug-likeness (QED) is 0.749. The van der Waals surface area contributed by atoms with Crippen LogP contribution in [0.15, 0.2) is 6.07 Å². The number of benzene rings is 1. The number of phenolic OH excluding ortho intramolecular Hbond substituents is 1. The van der Waals surface area contributed by atoms with Gasteiger partial charge in [0.15, 0.2) is 11.5 Å². The first-order valence-corrected chi connectivity index (χ1v) is 5.99. The van der Waals surface area contributed by atoms with Gasteiger partial charge in [0.05, 0.1) is 13.2 Å². The van der Waals surface area contributed by atoms with Gasteiger partial charge in [0.25, 0.3) is 0 Å². The number of nitrogens with two attached hydrogens (primary N) is 1. The maximum atomic E-state index is 9.84. The number of hydrogen-bond acceptors (Lipinski definition) is 4. The standard InChI is InChI=1S/C13H21NO3/c1-4-6-16-12-9(3)10(14)8-11(15)13(12)17-7-5-2/h8,15H,4-7,14H2,1-3H3. The van der Waals surface area contributed by atoms with Crippen LogP contribution in [-0.2, 0) is 0 Å². The number of phenols is 1. The average Bonchev–Trinajstić information content (AvgIpc) is 2.30. The molecule has 0 aliphatic rings. The van der Waals surface area contributed by atoms with Crippen LogP contribution in [0, 0.1) is 6.92 Å². The number of hydrogen-bond donors (Lipinski definition) is 2. The normalized spacial score (nSPS) is 10.3. The van der Waals surface area contributed by atoms with Gasteiger partial charge in [0.2, 0.25) is 5.75 Å². The summed E-state index contributed by atoms with van der Waals surface area (Å²) >= 11 is 0. The van der Waals surface area contributed by atoms with E-state index in [0.717, 1.165) is 18.4 Å². The van der Waals surface area contributed by atoms with Gasteiger partial charge in [-0.2, -0.15) is 0 Å². The van der Waals surface area contributed by atoms with Crippen LogP contribution in [0.25, 0.3) is 0 Å². The molecule has 96 valence electrons. The summed E-state index contributed by atoms with van der Waals surface area (Å²) in [5.74, 6) is 0.984. The summed E-state index contributed by atoms with van der Waals surface area (Å²) in [6, 6.07) is 1.50. The highest BCUT2D eigenvalue weighted by molar-refractivity contribution is 5.66. The minimum atomic E-state index is 0.0349. The SMILES string of the molecule is CCCOc1c(O)cc(N)c(C)c1OCCC. The number of rotatable bonds is 6. The Balaban J connectivity index is 3.09. The van der Waals surface area contributed by atoms with Crippen LogP contribution >= 0.6 is 0 Å². The van der Waals surface area contributed by atoms with E-state index in [2.05, 4.69) is 0 Å². The Morgan fingerprint density at radius 2 is 1.65 bits per heavy atom. The van der Waals surface area contributed by atoms with Crippen molar-refractivity contribution in [3.05, 3.63) is 11.6 Å². The van der Waals surface area contributed by atoms with Gasteiger partial charge in [-0.15, -0.1) is 0 Å². The van der Waals surface area contributed by atoms with Crippen LogP contribution in [0.4, 0.5) is 5.69 Å². The fourth-order valence-corrected chi connectivity index (χ4v) is 1.46. The van der Waals surface area contributed by atoms with Gasteiger partial charge in [0.1, 0.15) is 0 Å². The van der Waals surface area contributed by atoms with Crippen LogP contribution in [0.5, 0.6) is 17.2 Å². The maximum absolute atomic E-state index is 9.84. The van der Waals surface area contributed by atoms with E-state index in [9.17, 15) is 5.11 Å². The van der Waals surface area contributed by atoms with E-state index in [4.69, 9.17) is 15.2 Å². The van der Waals surface area contributed by atoms with Gasteiger partial charge in [-0.05, 0) is 19.8 Å². The van der Waals surface area contributed by atoms with Crippen molar-refractivity contribution >= 4 is 5.69 Å². The van der Waals surface area contributed by atoms with Crippen LogP contribution in [0.1, 0.15) is 32.3 Å². The number of aromatic hydroxyl groups is 1. The minimum absolute atomic E-state index is 0.0349. The molecule has 4 heteroatoms. The molecule has 0 saturated heterocycles. The molecular formula is C13H21NO3. The molecule has 0 bridgehead atoms. The van der Waals surface area contributed by atoms with E-state index >= 15 is 0 Å². The summed E-state index contributed by atoms with van der Waals surface area (Å²) in [6.45, 7) is 7.01. The van der Waals surface area contributed by atoms with Gasteiger partial charge in [-0.3, -0.25) is 0 Å². The molecule has 0 aliphatic heterocycles. The van der Waals surface area contributed by atoms with Gasteiger partial charge in [-0.25, -0.2) is 0 Å². The molecule has 0 atom stereocenters. The molecular weight excluding hydrogens is 218 g/mol. The molecule has 0 heterocycles. The van der Waals surface area contributed by atoms with Crippen molar-refractivity contribution in [2.75, 3.05) is 18.9 Å². The Kier molecular flexibility index (Phi) is 4.94. The molecule has 0 unspecified atom stereocenters. The van der Waals surface area contributed by atoms with Crippen molar-refractivity contribution in [2.24, 2.45) is 0 Å². The average molecular weight is 239 g/mol. The lowest BCUT2D eigenvalue weighted by atomic mass is 10.1. The summed E-state index contributed by atoms with van der Waals surface area (Å²) in [4.78, 5) is 0. The predicted molar refractivity (Wildman–Crippen MR) is 68.8 cm³/mol. The Morgan fingerprint density at radius 1 is 1.12 bits per heavy atom. The predicted octanol–water partition coefficient (Wildman–Crippen LogP) is 2.86. The first-order chi connectivity index (χ1) is 8.11. The second-order valence-corrected chi connectivity index (χ2v) is 3.97. The van der Waals surface area contributed by atoms with Crippen LogP contribution in [0.2, 0.25) is 0 Å². The third-order valence-corrected chi connectivity index (χ3v) is 2.41. The Morgan fingerprint density at radius 3 is 2.18 bits per heavy atom.